The Morgan fingerprint density at radius 2 is 1.92 bits per heavy atom. The second-order valence-corrected chi connectivity index (χ2v) is 10.1. The first-order valence-corrected chi connectivity index (χ1v) is 10.3. The van der Waals surface area contributed by atoms with Crippen molar-refractivity contribution in [2.75, 3.05) is 0 Å². The molecule has 3 fully saturated rings. The number of carbonyl (C=O) groups excluding carboxylic acids is 1. The zero-order chi connectivity index (χ0) is 18.2. The van der Waals surface area contributed by atoms with Gasteiger partial charge in [0.1, 0.15) is 5.60 Å². The first kappa shape index (κ1) is 17.7. The second-order valence-electron chi connectivity index (χ2n) is 10.1. The lowest BCUT2D eigenvalue weighted by molar-refractivity contribution is -0.165. The van der Waals surface area contributed by atoms with Crippen molar-refractivity contribution in [3.8, 4) is 0 Å². The molecule has 0 bridgehead atoms. The van der Waals surface area contributed by atoms with Crippen LogP contribution in [-0.4, -0.2) is 27.7 Å². The highest BCUT2D eigenvalue weighted by Crippen LogP contribution is 2.68. The molecule has 2 N–H and O–H groups in total. The van der Waals surface area contributed by atoms with E-state index in [0.717, 1.165) is 44.9 Å². The first-order valence-electron chi connectivity index (χ1n) is 10.3. The van der Waals surface area contributed by atoms with Crippen LogP contribution in [0.4, 0.5) is 0 Å². The molecule has 0 unspecified atom stereocenters. The van der Waals surface area contributed by atoms with Crippen molar-refractivity contribution in [2.24, 2.45) is 34.5 Å². The van der Waals surface area contributed by atoms with Gasteiger partial charge in [-0.05, 0) is 81.0 Å². The molecule has 4 aliphatic carbocycles. The molecule has 25 heavy (non-hydrogen) atoms. The maximum atomic E-state index is 12.4. The number of carbonyl (C=O) groups is 1. The quantitative estimate of drug-likeness (QED) is 0.709. The van der Waals surface area contributed by atoms with Gasteiger partial charge in [-0.1, -0.05) is 32.4 Å². The van der Waals surface area contributed by atoms with E-state index in [9.17, 15) is 15.0 Å². The van der Waals surface area contributed by atoms with Gasteiger partial charge in [-0.3, -0.25) is 4.79 Å². The molecule has 8 atom stereocenters. The van der Waals surface area contributed by atoms with E-state index in [1.807, 2.05) is 0 Å². The number of Topliss-reactive ketones (excluding diaryl/α,β-unsaturated/α-hetero) is 1. The molecule has 0 aromatic carbocycles. The SMILES string of the molecule is CC(=O)[C@@]1(O)[C@@H](C)C[C@H]2[C@@H]3CC=C4C[C@@H](O)CC[C@]4(C)[C@H]3CC[C@@]21C. The standard InChI is InChI=1S/C22H34O3/c1-13-11-19-17-6-5-15-12-16(24)7-9-20(15,3)18(17)8-10-21(19,4)22(13,25)14(2)23/h5,13,16-19,24-25H,6-12H2,1-4H3/t13-,16-,17+,18-,19-,20-,21-,22-/m0/s1. The lowest BCUT2D eigenvalue weighted by Crippen LogP contribution is -2.58. The fourth-order valence-corrected chi connectivity index (χ4v) is 7.73. The third kappa shape index (κ3) is 2.09. The monoisotopic (exact) mass is 346 g/mol. The van der Waals surface area contributed by atoms with E-state index in [1.165, 1.54) is 5.57 Å². The van der Waals surface area contributed by atoms with Gasteiger partial charge in [0.05, 0.1) is 6.10 Å². The van der Waals surface area contributed by atoms with E-state index < -0.39 is 5.60 Å². The highest BCUT2D eigenvalue weighted by Gasteiger charge is 2.67. The maximum Gasteiger partial charge on any atom is 0.162 e. The summed E-state index contributed by atoms with van der Waals surface area (Å²) in [6.45, 7) is 8.26. The van der Waals surface area contributed by atoms with Crippen molar-refractivity contribution >= 4 is 5.78 Å². The van der Waals surface area contributed by atoms with Gasteiger partial charge in [-0.15, -0.1) is 0 Å². The number of aliphatic hydroxyl groups is 2. The zero-order valence-corrected chi connectivity index (χ0v) is 16.2. The van der Waals surface area contributed by atoms with Gasteiger partial charge in [-0.25, -0.2) is 0 Å². The Hall–Kier alpha value is -0.670. The molecule has 0 radical (unpaired) electrons. The molecular formula is C22H34O3. The van der Waals surface area contributed by atoms with Gasteiger partial charge in [0.2, 0.25) is 0 Å². The number of fused-ring (bicyclic) bond motifs is 5. The van der Waals surface area contributed by atoms with Crippen LogP contribution in [0.1, 0.15) is 72.6 Å². The molecule has 0 heterocycles. The van der Waals surface area contributed by atoms with E-state index in [2.05, 4.69) is 26.8 Å². The normalized spacial score (nSPS) is 55.0. The second kappa shape index (κ2) is 5.42. The van der Waals surface area contributed by atoms with E-state index >= 15 is 0 Å². The zero-order valence-electron chi connectivity index (χ0n) is 16.2. The molecule has 0 amide bonds. The molecule has 0 saturated heterocycles. The van der Waals surface area contributed by atoms with Crippen molar-refractivity contribution in [2.45, 2.75) is 84.3 Å². The fourth-order valence-electron chi connectivity index (χ4n) is 7.73. The molecule has 3 nitrogen and oxygen atoms in total. The number of aliphatic hydroxyl groups excluding tert-OH is 1. The topological polar surface area (TPSA) is 57.5 Å². The van der Waals surface area contributed by atoms with Crippen LogP contribution in [0.15, 0.2) is 11.6 Å². The summed E-state index contributed by atoms with van der Waals surface area (Å²) in [4.78, 5) is 12.4. The molecule has 0 aromatic rings. The average Bonchev–Trinajstić information content (AvgIpc) is 2.77. The van der Waals surface area contributed by atoms with Crippen molar-refractivity contribution in [3.63, 3.8) is 0 Å². The smallest absolute Gasteiger partial charge is 0.162 e. The fraction of sp³-hybridized carbons (Fsp3) is 0.864. The van der Waals surface area contributed by atoms with Crippen molar-refractivity contribution in [1.82, 2.24) is 0 Å². The van der Waals surface area contributed by atoms with E-state index in [4.69, 9.17) is 0 Å². The Kier molecular flexibility index (Phi) is 3.84. The lowest BCUT2D eigenvalue weighted by atomic mass is 9.46. The van der Waals surface area contributed by atoms with Crippen LogP contribution in [0.2, 0.25) is 0 Å². The van der Waals surface area contributed by atoms with Gasteiger partial charge in [0.15, 0.2) is 5.78 Å². The van der Waals surface area contributed by atoms with Gasteiger partial charge in [0.25, 0.3) is 0 Å². The Morgan fingerprint density at radius 1 is 1.20 bits per heavy atom. The minimum Gasteiger partial charge on any atom is -0.393 e. The number of hydrogen-bond acceptors (Lipinski definition) is 3. The van der Waals surface area contributed by atoms with Crippen molar-refractivity contribution in [1.29, 1.82) is 0 Å². The summed E-state index contributed by atoms with van der Waals surface area (Å²) in [5, 5.41) is 21.5. The highest BCUT2D eigenvalue weighted by atomic mass is 16.3. The van der Waals surface area contributed by atoms with Crippen LogP contribution < -0.4 is 0 Å². The Morgan fingerprint density at radius 3 is 2.60 bits per heavy atom. The molecule has 4 rings (SSSR count). The molecule has 0 aliphatic heterocycles. The molecular weight excluding hydrogens is 312 g/mol. The van der Waals surface area contributed by atoms with E-state index in [-0.39, 0.29) is 28.6 Å². The third-order valence-electron chi connectivity index (χ3n) is 9.20. The minimum atomic E-state index is -1.16. The largest absolute Gasteiger partial charge is 0.393 e. The van der Waals surface area contributed by atoms with Gasteiger partial charge in [0, 0.05) is 5.41 Å². The maximum absolute atomic E-state index is 12.4. The number of hydrogen-bond donors (Lipinski definition) is 2. The summed E-state index contributed by atoms with van der Waals surface area (Å²) in [5.41, 5.74) is 0.249. The van der Waals surface area contributed by atoms with E-state index in [1.54, 1.807) is 6.92 Å². The molecule has 4 aliphatic rings. The molecule has 140 valence electrons. The van der Waals surface area contributed by atoms with Gasteiger partial charge >= 0.3 is 0 Å². The number of allylic oxidation sites excluding steroid dienone is 1. The summed E-state index contributed by atoms with van der Waals surface area (Å²) in [6, 6.07) is 0. The van der Waals surface area contributed by atoms with Gasteiger partial charge < -0.3 is 10.2 Å². The lowest BCUT2D eigenvalue weighted by Gasteiger charge is -2.58. The molecule has 0 spiro atoms. The van der Waals surface area contributed by atoms with Crippen LogP contribution in [0.25, 0.3) is 0 Å². The Labute approximate surface area is 151 Å². The van der Waals surface area contributed by atoms with Crippen LogP contribution in [-0.2, 0) is 4.79 Å². The predicted molar refractivity (Wildman–Crippen MR) is 97.9 cm³/mol. The predicted octanol–water partition coefficient (Wildman–Crippen LogP) is 3.88. The molecule has 3 saturated carbocycles. The van der Waals surface area contributed by atoms with Crippen LogP contribution in [0, 0.1) is 34.5 Å². The first-order chi connectivity index (χ1) is 11.6. The molecule has 0 aromatic heterocycles. The average molecular weight is 347 g/mol. The summed E-state index contributed by atoms with van der Waals surface area (Å²) in [5.74, 6) is 1.64. The van der Waals surface area contributed by atoms with Crippen LogP contribution in [0.3, 0.4) is 0 Å². The molecule has 3 heteroatoms. The van der Waals surface area contributed by atoms with Crippen molar-refractivity contribution < 1.29 is 15.0 Å². The summed E-state index contributed by atoms with van der Waals surface area (Å²) < 4.78 is 0. The summed E-state index contributed by atoms with van der Waals surface area (Å²) in [7, 11) is 0. The highest BCUT2D eigenvalue weighted by molar-refractivity contribution is 5.86. The Bertz CT molecular complexity index is 625. The summed E-state index contributed by atoms with van der Waals surface area (Å²) >= 11 is 0. The van der Waals surface area contributed by atoms with Crippen molar-refractivity contribution in [3.05, 3.63) is 11.6 Å². The summed E-state index contributed by atoms with van der Waals surface area (Å²) in [6.07, 6.45) is 9.15. The third-order valence-corrected chi connectivity index (χ3v) is 9.20. The number of ketones is 1. The van der Waals surface area contributed by atoms with Gasteiger partial charge in [-0.2, -0.15) is 0 Å². The Balaban J connectivity index is 1.72. The minimum absolute atomic E-state index is 0.0394. The van der Waals surface area contributed by atoms with Crippen LogP contribution in [0.5, 0.6) is 0 Å². The number of rotatable bonds is 1. The van der Waals surface area contributed by atoms with Crippen LogP contribution >= 0.6 is 0 Å². The van der Waals surface area contributed by atoms with E-state index in [0.29, 0.717) is 17.8 Å².